The molecule has 6 heteroatoms. The molecular weight excluding hydrogens is 256 g/mol. The van der Waals surface area contributed by atoms with Gasteiger partial charge in [-0.25, -0.2) is 4.39 Å². The molecule has 0 aliphatic rings. The number of carbonyl (C=O) groups is 1. The van der Waals surface area contributed by atoms with E-state index in [1.807, 2.05) is 7.05 Å². The van der Waals surface area contributed by atoms with Crippen LogP contribution >= 0.6 is 0 Å². The van der Waals surface area contributed by atoms with Gasteiger partial charge in [0.2, 0.25) is 5.82 Å². The molecule has 0 radical (unpaired) electrons. The first-order valence-corrected chi connectivity index (χ1v) is 5.96. The predicted octanol–water partition coefficient (Wildman–Crippen LogP) is 0.317. The first-order valence-electron chi connectivity index (χ1n) is 5.96. The number of likely N-dealkylation sites (N-methyl/N-ethyl adjacent to an activating group) is 1. The number of halogens is 2. The monoisotopic (exact) mass is 274 g/mol. The number of carbonyl (C=O) groups excluding carboxylic acids is 1. The van der Waals surface area contributed by atoms with Gasteiger partial charge >= 0.3 is 0 Å². The summed E-state index contributed by atoms with van der Waals surface area (Å²) in [7, 11) is 3.57. The van der Waals surface area contributed by atoms with Gasteiger partial charge in [0.05, 0.1) is 19.2 Å². The minimum atomic E-state index is -1.17. The molecule has 0 saturated heterocycles. The molecule has 0 amide bonds. The van der Waals surface area contributed by atoms with Crippen molar-refractivity contribution in [1.82, 2.24) is 0 Å². The molecule has 0 spiro atoms. The topological polar surface area (TPSA) is 40.0 Å². The molecule has 106 valence electrons. The molecule has 1 rings (SSSR count). The maximum absolute atomic E-state index is 13.5. The molecule has 0 bridgehead atoms. The maximum atomic E-state index is 13.5. The van der Waals surface area contributed by atoms with Gasteiger partial charge in [-0.1, -0.05) is 0 Å². The van der Waals surface area contributed by atoms with Gasteiger partial charge < -0.3 is 14.4 Å². The van der Waals surface area contributed by atoms with E-state index in [1.165, 1.54) is 12.1 Å². The van der Waals surface area contributed by atoms with Crippen molar-refractivity contribution in [2.45, 2.75) is 0 Å². The summed E-state index contributed by atoms with van der Waals surface area (Å²) in [5.41, 5.74) is -0.312. The lowest BCUT2D eigenvalue weighted by atomic mass is 10.2. The highest BCUT2D eigenvalue weighted by atomic mass is 19.2. The molecule has 1 unspecified atom stereocenters. The Balaban J connectivity index is 2.50. The number of hydrogen-bond donors (Lipinski definition) is 1. The number of rotatable bonds is 8. The lowest BCUT2D eigenvalue weighted by Crippen LogP contribution is -3.10. The average Bonchev–Trinajstić information content (AvgIpc) is 2.41. The third-order valence-electron chi connectivity index (χ3n) is 2.72. The quantitative estimate of drug-likeness (QED) is 0.694. The minimum absolute atomic E-state index is 0.178. The highest BCUT2D eigenvalue weighted by Crippen LogP contribution is 2.21. The minimum Gasteiger partial charge on any atom is -0.485 e. The van der Waals surface area contributed by atoms with Crippen LogP contribution in [-0.2, 0) is 4.74 Å². The normalized spacial score (nSPS) is 12.2. The third-order valence-corrected chi connectivity index (χ3v) is 2.72. The summed E-state index contributed by atoms with van der Waals surface area (Å²) in [6, 6.07) is 2.45. The van der Waals surface area contributed by atoms with E-state index >= 15 is 0 Å². The van der Waals surface area contributed by atoms with E-state index in [1.54, 1.807) is 7.11 Å². The average molecular weight is 274 g/mol. The SMILES string of the molecule is COCC[NH+](C)CCOc1ccc(C=O)c(F)c1F. The molecule has 4 nitrogen and oxygen atoms in total. The molecular formula is C13H18F2NO3+. The van der Waals surface area contributed by atoms with Crippen molar-refractivity contribution in [1.29, 1.82) is 0 Å². The fraction of sp³-hybridized carbons (Fsp3) is 0.462. The van der Waals surface area contributed by atoms with E-state index in [2.05, 4.69) is 0 Å². The van der Waals surface area contributed by atoms with E-state index in [-0.39, 0.29) is 24.2 Å². The van der Waals surface area contributed by atoms with Crippen LogP contribution in [0.5, 0.6) is 5.75 Å². The van der Waals surface area contributed by atoms with Crippen molar-refractivity contribution in [3.8, 4) is 5.75 Å². The van der Waals surface area contributed by atoms with Crippen LogP contribution in [0.1, 0.15) is 10.4 Å². The second kappa shape index (κ2) is 7.81. The highest BCUT2D eigenvalue weighted by Gasteiger charge is 2.14. The van der Waals surface area contributed by atoms with Crippen LogP contribution in [0.2, 0.25) is 0 Å². The van der Waals surface area contributed by atoms with E-state index in [4.69, 9.17) is 9.47 Å². The van der Waals surface area contributed by atoms with Crippen LogP contribution in [0.4, 0.5) is 8.78 Å². The van der Waals surface area contributed by atoms with Crippen molar-refractivity contribution in [3.63, 3.8) is 0 Å². The Morgan fingerprint density at radius 3 is 2.53 bits per heavy atom. The summed E-state index contributed by atoms with van der Waals surface area (Å²) in [4.78, 5) is 11.6. The molecule has 1 N–H and O–H groups in total. The summed E-state index contributed by atoms with van der Waals surface area (Å²) in [6.45, 7) is 2.33. The first-order chi connectivity index (χ1) is 9.10. The number of benzene rings is 1. The van der Waals surface area contributed by atoms with Gasteiger partial charge in [-0.2, -0.15) is 4.39 Å². The number of quaternary nitrogens is 1. The smallest absolute Gasteiger partial charge is 0.201 e. The van der Waals surface area contributed by atoms with Crippen LogP contribution in [0.15, 0.2) is 12.1 Å². The zero-order chi connectivity index (χ0) is 14.3. The number of aldehydes is 1. The van der Waals surface area contributed by atoms with Crippen LogP contribution in [0.25, 0.3) is 0 Å². The van der Waals surface area contributed by atoms with Crippen molar-refractivity contribution in [3.05, 3.63) is 29.3 Å². The maximum Gasteiger partial charge on any atom is 0.201 e. The third kappa shape index (κ3) is 4.57. The Morgan fingerprint density at radius 2 is 1.89 bits per heavy atom. The molecule has 19 heavy (non-hydrogen) atoms. The van der Waals surface area contributed by atoms with Crippen molar-refractivity contribution < 1.29 is 27.9 Å². The van der Waals surface area contributed by atoms with Gasteiger partial charge in [-0.3, -0.25) is 4.79 Å². The van der Waals surface area contributed by atoms with Gasteiger partial charge in [-0.15, -0.1) is 0 Å². The zero-order valence-corrected chi connectivity index (χ0v) is 11.0. The van der Waals surface area contributed by atoms with Crippen LogP contribution in [-0.4, -0.2) is 46.7 Å². The predicted molar refractivity (Wildman–Crippen MR) is 65.7 cm³/mol. The fourth-order valence-electron chi connectivity index (χ4n) is 1.49. The summed E-state index contributed by atoms with van der Waals surface area (Å²) >= 11 is 0. The molecule has 1 aromatic carbocycles. The summed E-state index contributed by atoms with van der Waals surface area (Å²) in [5, 5.41) is 0. The Morgan fingerprint density at radius 1 is 1.21 bits per heavy atom. The largest absolute Gasteiger partial charge is 0.485 e. The molecule has 0 aliphatic carbocycles. The van der Waals surface area contributed by atoms with E-state index in [9.17, 15) is 13.6 Å². The van der Waals surface area contributed by atoms with Crippen LogP contribution in [0, 0.1) is 11.6 Å². The van der Waals surface area contributed by atoms with Crippen molar-refractivity contribution in [2.24, 2.45) is 0 Å². The van der Waals surface area contributed by atoms with Crippen LogP contribution in [0.3, 0.4) is 0 Å². The fourth-order valence-corrected chi connectivity index (χ4v) is 1.49. The molecule has 1 atom stereocenters. The molecule has 1 aromatic rings. The number of methoxy groups -OCH3 is 1. The van der Waals surface area contributed by atoms with Gasteiger partial charge in [0, 0.05) is 7.11 Å². The number of hydrogen-bond acceptors (Lipinski definition) is 3. The summed E-state index contributed by atoms with van der Waals surface area (Å²) < 4.78 is 36.9. The highest BCUT2D eigenvalue weighted by molar-refractivity contribution is 5.75. The summed E-state index contributed by atoms with van der Waals surface area (Å²) in [6.07, 6.45) is 0.269. The Hall–Kier alpha value is -1.53. The summed E-state index contributed by atoms with van der Waals surface area (Å²) in [5.74, 6) is -2.48. The lowest BCUT2D eigenvalue weighted by molar-refractivity contribution is -0.880. The van der Waals surface area contributed by atoms with Gasteiger partial charge in [0.15, 0.2) is 17.9 Å². The molecule has 0 fully saturated rings. The van der Waals surface area contributed by atoms with Crippen LogP contribution < -0.4 is 9.64 Å². The Labute approximate surface area is 110 Å². The number of nitrogens with one attached hydrogen (secondary N) is 1. The standard InChI is InChI=1S/C13H17F2NO3/c1-16(5-7-18-2)6-8-19-11-4-3-10(9-17)12(14)13(11)15/h3-4,9H,5-8H2,1-2H3/p+1. The molecule has 0 heterocycles. The van der Waals surface area contributed by atoms with Gasteiger partial charge in [-0.05, 0) is 12.1 Å². The first kappa shape index (κ1) is 15.5. The number of ether oxygens (including phenoxy) is 2. The Bertz CT molecular complexity index is 427. The van der Waals surface area contributed by atoms with Gasteiger partial charge in [0.1, 0.15) is 19.7 Å². The van der Waals surface area contributed by atoms with Gasteiger partial charge in [0.25, 0.3) is 0 Å². The van der Waals surface area contributed by atoms with Crippen molar-refractivity contribution >= 4 is 6.29 Å². The van der Waals surface area contributed by atoms with Crippen molar-refractivity contribution in [2.75, 3.05) is 40.5 Å². The van der Waals surface area contributed by atoms with E-state index in [0.29, 0.717) is 13.2 Å². The van der Waals surface area contributed by atoms with E-state index < -0.39 is 11.6 Å². The second-order valence-electron chi connectivity index (χ2n) is 4.20. The molecule has 0 aromatic heterocycles. The molecule has 0 aliphatic heterocycles. The second-order valence-corrected chi connectivity index (χ2v) is 4.20. The Kier molecular flexibility index (Phi) is 6.38. The molecule has 0 saturated carbocycles. The van der Waals surface area contributed by atoms with E-state index in [0.717, 1.165) is 11.4 Å². The zero-order valence-electron chi connectivity index (χ0n) is 11.0. The lowest BCUT2D eigenvalue weighted by Gasteiger charge is -2.14.